The lowest BCUT2D eigenvalue weighted by molar-refractivity contribution is -0.116. The minimum Gasteiger partial charge on any atom is -0.493 e. The lowest BCUT2D eigenvalue weighted by Crippen LogP contribution is -2.38. The molecule has 0 aliphatic carbocycles. The highest BCUT2D eigenvalue weighted by molar-refractivity contribution is 8.14. The average Bonchev–Trinajstić information content (AvgIpc) is 2.90. The van der Waals surface area contributed by atoms with Crippen LogP contribution in [0.5, 0.6) is 11.5 Å². The zero-order valence-electron chi connectivity index (χ0n) is 21.6. The third-order valence-corrected chi connectivity index (χ3v) is 6.85. The summed E-state index contributed by atoms with van der Waals surface area (Å²) in [6.45, 7) is 8.16. The number of carbonyl (C=O) groups excluding carboxylic acids is 2. The molecule has 2 amide bonds. The molecule has 2 aromatic carbocycles. The zero-order chi connectivity index (χ0) is 26.2. The van der Waals surface area contributed by atoms with E-state index in [1.165, 1.54) is 16.8 Å². The molecule has 2 aliphatic heterocycles. The molecule has 2 aliphatic rings. The first-order valence-electron chi connectivity index (χ1n) is 12.5. The molecule has 0 saturated carbocycles. The first kappa shape index (κ1) is 27.0. The molecule has 0 aromatic heterocycles. The molecule has 0 unspecified atom stereocenters. The number of methoxy groups -OCH3 is 1. The maximum Gasteiger partial charge on any atom is 0.302 e. The van der Waals surface area contributed by atoms with Crippen LogP contribution in [0.4, 0.5) is 10.5 Å². The zero-order valence-corrected chi connectivity index (χ0v) is 22.4. The van der Waals surface area contributed by atoms with Gasteiger partial charge in [0.05, 0.1) is 38.7 Å². The largest absolute Gasteiger partial charge is 0.493 e. The number of hydrogen-bond acceptors (Lipinski definition) is 8. The molecule has 198 valence electrons. The second kappa shape index (κ2) is 12.9. The number of hydrogen-bond donors (Lipinski definition) is 1. The molecule has 0 bridgehead atoms. The fourth-order valence-electron chi connectivity index (χ4n) is 4.04. The van der Waals surface area contributed by atoms with Gasteiger partial charge in [0.15, 0.2) is 11.5 Å². The lowest BCUT2D eigenvalue weighted by atomic mass is 10.1. The Morgan fingerprint density at radius 2 is 1.89 bits per heavy atom. The van der Waals surface area contributed by atoms with Crippen molar-refractivity contribution in [2.75, 3.05) is 51.0 Å². The third kappa shape index (κ3) is 7.70. The van der Waals surface area contributed by atoms with Crippen LogP contribution in [0.3, 0.4) is 0 Å². The summed E-state index contributed by atoms with van der Waals surface area (Å²) in [6.07, 6.45) is 0.441. The number of rotatable bonds is 10. The Bertz CT molecular complexity index is 1120. The van der Waals surface area contributed by atoms with E-state index in [2.05, 4.69) is 15.3 Å². The van der Waals surface area contributed by atoms with Crippen molar-refractivity contribution in [1.29, 1.82) is 0 Å². The van der Waals surface area contributed by atoms with E-state index in [9.17, 15) is 9.59 Å². The number of nitrogens with one attached hydrogen (secondary N) is 1. The second-order valence-corrected chi connectivity index (χ2v) is 10.1. The van der Waals surface area contributed by atoms with Gasteiger partial charge in [-0.3, -0.25) is 14.5 Å². The second-order valence-electron chi connectivity index (χ2n) is 9.14. The van der Waals surface area contributed by atoms with Gasteiger partial charge in [-0.1, -0.05) is 23.9 Å². The van der Waals surface area contributed by atoms with E-state index in [1.807, 2.05) is 56.3 Å². The van der Waals surface area contributed by atoms with Crippen LogP contribution in [0.25, 0.3) is 0 Å². The number of hydrazone groups is 1. The van der Waals surface area contributed by atoms with E-state index in [-0.39, 0.29) is 17.3 Å². The molecule has 2 aromatic rings. The van der Waals surface area contributed by atoms with E-state index in [4.69, 9.17) is 14.2 Å². The predicted octanol–water partition coefficient (Wildman–Crippen LogP) is 4.22. The molecular weight excluding hydrogens is 492 g/mol. The molecule has 4 rings (SSSR count). The summed E-state index contributed by atoms with van der Waals surface area (Å²) in [5.41, 5.74) is 3.33. The van der Waals surface area contributed by atoms with Crippen LogP contribution < -0.4 is 14.8 Å². The minimum absolute atomic E-state index is 0.00224. The van der Waals surface area contributed by atoms with Crippen LogP contribution in [-0.2, 0) is 16.1 Å². The monoisotopic (exact) mass is 526 g/mol. The lowest BCUT2D eigenvalue weighted by Gasteiger charge is -2.26. The topological polar surface area (TPSA) is 92.7 Å². The third-order valence-electron chi connectivity index (χ3n) is 5.97. The van der Waals surface area contributed by atoms with Crippen LogP contribution in [0.15, 0.2) is 47.6 Å². The molecule has 1 N–H and O–H groups in total. The standard InChI is InChI=1S/C27H34N4O5S/c1-19(2)36-25-16-21(6-9-24(25)34-3)23-18-37-27(33)31(29-23)17-20-4-7-22(8-5-20)28-26(32)10-11-30-12-14-35-15-13-30/h4-9,16,19H,10-15,17-18H2,1-3H3,(H,28,32). The summed E-state index contributed by atoms with van der Waals surface area (Å²) < 4.78 is 16.6. The Hall–Kier alpha value is -3.08. The van der Waals surface area contributed by atoms with E-state index < -0.39 is 0 Å². The number of carbonyl (C=O) groups is 2. The van der Waals surface area contributed by atoms with E-state index in [1.54, 1.807) is 7.11 Å². The number of anilines is 1. The van der Waals surface area contributed by atoms with Gasteiger partial charge in [-0.15, -0.1) is 0 Å². The highest BCUT2D eigenvalue weighted by atomic mass is 32.2. The van der Waals surface area contributed by atoms with Crippen LogP contribution in [0, 0.1) is 0 Å². The number of nitrogens with zero attached hydrogens (tertiary/aromatic N) is 3. The molecule has 0 radical (unpaired) electrons. The van der Waals surface area contributed by atoms with Gasteiger partial charge in [-0.25, -0.2) is 5.01 Å². The van der Waals surface area contributed by atoms with Crippen molar-refractivity contribution in [2.45, 2.75) is 32.9 Å². The number of benzene rings is 2. The number of morpholine rings is 1. The number of thioether (sulfide) groups is 1. The first-order valence-corrected chi connectivity index (χ1v) is 13.5. The molecule has 1 saturated heterocycles. The number of amides is 2. The van der Waals surface area contributed by atoms with Gasteiger partial charge in [0.2, 0.25) is 5.91 Å². The molecule has 9 nitrogen and oxygen atoms in total. The van der Waals surface area contributed by atoms with Crippen LogP contribution in [0.1, 0.15) is 31.4 Å². The SMILES string of the molecule is COc1ccc(C2=NN(Cc3ccc(NC(=O)CCN4CCOCC4)cc3)C(=O)SC2)cc1OC(C)C. The quantitative estimate of drug-likeness (QED) is 0.496. The molecular formula is C27H34N4O5S. The van der Waals surface area contributed by atoms with E-state index >= 15 is 0 Å². The van der Waals surface area contributed by atoms with Gasteiger partial charge in [0.25, 0.3) is 0 Å². The number of ether oxygens (including phenoxy) is 3. The summed E-state index contributed by atoms with van der Waals surface area (Å²) in [6, 6.07) is 13.2. The average molecular weight is 527 g/mol. The molecule has 0 atom stereocenters. The maximum absolute atomic E-state index is 12.6. The van der Waals surface area contributed by atoms with E-state index in [0.717, 1.165) is 55.4 Å². The Morgan fingerprint density at radius 1 is 1.14 bits per heavy atom. The fourth-order valence-corrected chi connectivity index (χ4v) is 4.78. The summed E-state index contributed by atoms with van der Waals surface area (Å²) in [7, 11) is 1.61. The first-order chi connectivity index (χ1) is 17.9. The van der Waals surface area contributed by atoms with Crippen molar-refractivity contribution >= 4 is 34.3 Å². The van der Waals surface area contributed by atoms with Gasteiger partial charge >= 0.3 is 5.24 Å². The predicted molar refractivity (Wildman–Crippen MR) is 146 cm³/mol. The van der Waals surface area contributed by atoms with Gasteiger partial charge in [-0.2, -0.15) is 5.10 Å². The van der Waals surface area contributed by atoms with Crippen molar-refractivity contribution in [3.63, 3.8) is 0 Å². The summed E-state index contributed by atoms with van der Waals surface area (Å²) >= 11 is 1.22. The Balaban J connectivity index is 1.37. The van der Waals surface area contributed by atoms with Gasteiger partial charge < -0.3 is 19.5 Å². The highest BCUT2D eigenvalue weighted by Crippen LogP contribution is 2.31. The summed E-state index contributed by atoms with van der Waals surface area (Å²) in [4.78, 5) is 27.1. The van der Waals surface area contributed by atoms with Gasteiger partial charge in [-0.05, 0) is 49.7 Å². The fraction of sp³-hybridized carbons (Fsp3) is 0.444. The molecule has 2 heterocycles. The molecule has 1 fully saturated rings. The Kier molecular flexibility index (Phi) is 9.43. The maximum atomic E-state index is 12.6. The molecule has 37 heavy (non-hydrogen) atoms. The Morgan fingerprint density at radius 3 is 2.59 bits per heavy atom. The van der Waals surface area contributed by atoms with Gasteiger partial charge in [0.1, 0.15) is 0 Å². The van der Waals surface area contributed by atoms with Crippen molar-refractivity contribution in [2.24, 2.45) is 5.10 Å². The van der Waals surface area contributed by atoms with Gasteiger partial charge in [0, 0.05) is 43.1 Å². The van der Waals surface area contributed by atoms with Crippen molar-refractivity contribution < 1.29 is 23.8 Å². The van der Waals surface area contributed by atoms with Crippen LogP contribution in [-0.4, -0.2) is 78.6 Å². The van der Waals surface area contributed by atoms with Crippen LogP contribution in [0.2, 0.25) is 0 Å². The van der Waals surface area contributed by atoms with Crippen molar-refractivity contribution in [1.82, 2.24) is 9.91 Å². The van der Waals surface area contributed by atoms with Crippen LogP contribution >= 0.6 is 11.8 Å². The normalized spacial score (nSPS) is 16.5. The van der Waals surface area contributed by atoms with E-state index in [0.29, 0.717) is 30.2 Å². The molecule has 10 heteroatoms. The van der Waals surface area contributed by atoms with Crippen molar-refractivity contribution in [3.8, 4) is 11.5 Å². The minimum atomic E-state index is -0.101. The summed E-state index contributed by atoms with van der Waals surface area (Å²) in [5.74, 6) is 1.77. The highest BCUT2D eigenvalue weighted by Gasteiger charge is 2.23. The smallest absolute Gasteiger partial charge is 0.302 e. The molecule has 0 spiro atoms. The summed E-state index contributed by atoms with van der Waals surface area (Å²) in [5, 5.41) is 8.97. The Labute approximate surface area is 222 Å². The van der Waals surface area contributed by atoms with Crippen molar-refractivity contribution in [3.05, 3.63) is 53.6 Å².